The topological polar surface area (TPSA) is 55.0 Å². The number of anilines is 1. The maximum absolute atomic E-state index is 6.22. The van der Waals surface area contributed by atoms with Crippen LogP contribution in [0.1, 0.15) is 12.8 Å². The van der Waals surface area contributed by atoms with Crippen molar-refractivity contribution in [2.24, 2.45) is 11.7 Å². The Kier molecular flexibility index (Phi) is 1.43. The normalized spacial score (nSPS) is 25.8. The van der Waals surface area contributed by atoms with Gasteiger partial charge in [0.1, 0.15) is 6.33 Å². The lowest BCUT2D eigenvalue weighted by atomic mass is 9.86. The van der Waals surface area contributed by atoms with Gasteiger partial charge in [-0.05, 0) is 18.8 Å². The van der Waals surface area contributed by atoms with Crippen LogP contribution >= 0.6 is 11.5 Å². The number of rotatable bonds is 2. The first-order chi connectivity index (χ1) is 6.28. The fourth-order valence-corrected chi connectivity index (χ4v) is 2.55. The van der Waals surface area contributed by atoms with Gasteiger partial charge in [-0.1, -0.05) is 0 Å². The molecule has 0 bridgehead atoms. The molecule has 1 aliphatic heterocycles. The molecule has 5 heteroatoms. The van der Waals surface area contributed by atoms with Crippen LogP contribution in [0.25, 0.3) is 0 Å². The van der Waals surface area contributed by atoms with Crippen LogP contribution in [0.2, 0.25) is 0 Å². The van der Waals surface area contributed by atoms with Crippen molar-refractivity contribution in [3.63, 3.8) is 0 Å². The number of hydrogen-bond acceptors (Lipinski definition) is 5. The Hall–Kier alpha value is -0.680. The fourth-order valence-electron chi connectivity index (χ4n) is 2.02. The van der Waals surface area contributed by atoms with Crippen molar-refractivity contribution in [2.75, 3.05) is 18.0 Å². The summed E-state index contributed by atoms with van der Waals surface area (Å²) in [5.74, 6) is 0.775. The van der Waals surface area contributed by atoms with Gasteiger partial charge in [-0.25, -0.2) is 4.98 Å². The second kappa shape index (κ2) is 2.42. The van der Waals surface area contributed by atoms with E-state index in [0.717, 1.165) is 24.1 Å². The van der Waals surface area contributed by atoms with Gasteiger partial charge in [0.25, 0.3) is 0 Å². The van der Waals surface area contributed by atoms with Crippen LogP contribution in [0.4, 0.5) is 5.13 Å². The largest absolute Gasteiger partial charge is 0.343 e. The average molecular weight is 196 g/mol. The molecule has 2 heterocycles. The lowest BCUT2D eigenvalue weighted by molar-refractivity contribution is 0.291. The molecule has 2 N–H and O–H groups in total. The van der Waals surface area contributed by atoms with E-state index in [1.54, 1.807) is 6.33 Å². The molecule has 1 aliphatic carbocycles. The summed E-state index contributed by atoms with van der Waals surface area (Å²) in [5.41, 5.74) is 6.31. The first-order valence-electron chi connectivity index (χ1n) is 4.58. The second-order valence-corrected chi connectivity index (χ2v) is 4.85. The molecule has 3 rings (SSSR count). The Balaban J connectivity index is 1.68. The minimum atomic E-state index is 0.0890. The maximum atomic E-state index is 6.22. The third-order valence-corrected chi connectivity index (χ3v) is 3.71. The smallest absolute Gasteiger partial charge is 0.205 e. The third kappa shape index (κ3) is 1.14. The van der Waals surface area contributed by atoms with Gasteiger partial charge in [-0.2, -0.15) is 4.37 Å². The molecule has 2 fully saturated rings. The lowest BCUT2D eigenvalue weighted by Crippen LogP contribution is -2.69. The predicted octanol–water partition coefficient (Wildman–Crippen LogP) is 0.466. The summed E-state index contributed by atoms with van der Waals surface area (Å²) in [4.78, 5) is 6.38. The number of nitrogens with two attached hydrogens (primary N) is 1. The number of nitrogens with zero attached hydrogens (tertiary/aromatic N) is 3. The van der Waals surface area contributed by atoms with E-state index in [1.165, 1.54) is 24.4 Å². The Bertz CT molecular complexity index is 300. The summed E-state index contributed by atoms with van der Waals surface area (Å²) in [6, 6.07) is 0. The van der Waals surface area contributed by atoms with Crippen LogP contribution in [-0.4, -0.2) is 28.0 Å². The molecule has 1 saturated heterocycles. The van der Waals surface area contributed by atoms with E-state index in [1.807, 2.05) is 0 Å². The number of aromatic nitrogens is 2. The molecule has 0 aromatic carbocycles. The highest BCUT2D eigenvalue weighted by Gasteiger charge is 2.50. The first-order valence-corrected chi connectivity index (χ1v) is 5.36. The van der Waals surface area contributed by atoms with Gasteiger partial charge in [0.05, 0.1) is 5.54 Å². The molecule has 1 saturated carbocycles. The summed E-state index contributed by atoms with van der Waals surface area (Å²) in [7, 11) is 0. The van der Waals surface area contributed by atoms with E-state index in [0.29, 0.717) is 0 Å². The average Bonchev–Trinajstić information content (AvgIpc) is 2.77. The molecule has 1 aromatic heterocycles. The monoisotopic (exact) mass is 196 g/mol. The second-order valence-electron chi connectivity index (χ2n) is 4.09. The van der Waals surface area contributed by atoms with Crippen LogP contribution in [0.15, 0.2) is 6.33 Å². The van der Waals surface area contributed by atoms with E-state index in [-0.39, 0.29) is 5.54 Å². The summed E-state index contributed by atoms with van der Waals surface area (Å²) in [6.07, 6.45) is 4.24. The molecule has 0 radical (unpaired) electrons. The Morgan fingerprint density at radius 2 is 2.31 bits per heavy atom. The van der Waals surface area contributed by atoms with Crippen LogP contribution in [0, 0.1) is 5.92 Å². The van der Waals surface area contributed by atoms with E-state index < -0.39 is 0 Å². The zero-order valence-corrected chi connectivity index (χ0v) is 8.13. The molecule has 70 valence electrons. The molecule has 2 aliphatic rings. The van der Waals surface area contributed by atoms with Crippen molar-refractivity contribution in [3.8, 4) is 0 Å². The standard InChI is InChI=1S/C8H12N4S/c9-8(6-1-2-6)3-12(4-8)7-10-5-11-13-7/h5-6H,1-4,9H2. The summed E-state index contributed by atoms with van der Waals surface area (Å²) >= 11 is 1.45. The van der Waals surface area contributed by atoms with Crippen LogP contribution in [0.3, 0.4) is 0 Å². The fraction of sp³-hybridized carbons (Fsp3) is 0.750. The molecule has 0 amide bonds. The molecule has 0 atom stereocenters. The van der Waals surface area contributed by atoms with Gasteiger partial charge in [-0.15, -0.1) is 0 Å². The highest BCUT2D eigenvalue weighted by molar-refractivity contribution is 7.09. The van der Waals surface area contributed by atoms with E-state index in [2.05, 4.69) is 14.3 Å². The van der Waals surface area contributed by atoms with Gasteiger partial charge in [0, 0.05) is 24.6 Å². The molecule has 0 spiro atoms. The summed E-state index contributed by atoms with van der Waals surface area (Å²) in [5, 5.41) is 1.02. The van der Waals surface area contributed by atoms with Crippen LogP contribution in [0.5, 0.6) is 0 Å². The highest BCUT2D eigenvalue weighted by atomic mass is 32.1. The minimum Gasteiger partial charge on any atom is -0.343 e. The molecular weight excluding hydrogens is 184 g/mol. The minimum absolute atomic E-state index is 0.0890. The SMILES string of the molecule is NC1(C2CC2)CN(c2ncns2)C1. The van der Waals surface area contributed by atoms with Gasteiger partial charge in [0.15, 0.2) is 0 Å². The first kappa shape index (κ1) is 7.70. The lowest BCUT2D eigenvalue weighted by Gasteiger charge is -2.48. The Labute approximate surface area is 80.9 Å². The van der Waals surface area contributed by atoms with Crippen molar-refractivity contribution >= 4 is 16.7 Å². The number of hydrogen-bond donors (Lipinski definition) is 1. The summed E-state index contributed by atoms with van der Waals surface area (Å²) in [6.45, 7) is 1.93. The molecule has 0 unspecified atom stereocenters. The van der Waals surface area contributed by atoms with Crippen molar-refractivity contribution in [3.05, 3.63) is 6.33 Å². The van der Waals surface area contributed by atoms with Gasteiger partial charge >= 0.3 is 0 Å². The van der Waals surface area contributed by atoms with Gasteiger partial charge in [-0.3, -0.25) is 0 Å². The predicted molar refractivity (Wildman–Crippen MR) is 51.8 cm³/mol. The third-order valence-electron chi connectivity index (χ3n) is 2.98. The van der Waals surface area contributed by atoms with Crippen molar-refractivity contribution in [1.82, 2.24) is 9.36 Å². The van der Waals surface area contributed by atoms with E-state index in [4.69, 9.17) is 5.73 Å². The Morgan fingerprint density at radius 3 is 2.85 bits per heavy atom. The zero-order chi connectivity index (χ0) is 8.89. The summed E-state index contributed by atoms with van der Waals surface area (Å²) < 4.78 is 3.98. The van der Waals surface area contributed by atoms with Gasteiger partial charge < -0.3 is 10.6 Å². The van der Waals surface area contributed by atoms with Gasteiger partial charge in [0.2, 0.25) is 5.13 Å². The van der Waals surface area contributed by atoms with Crippen molar-refractivity contribution in [2.45, 2.75) is 18.4 Å². The quantitative estimate of drug-likeness (QED) is 0.747. The molecular formula is C8H12N4S. The molecule has 1 aromatic rings. The Morgan fingerprint density at radius 1 is 1.54 bits per heavy atom. The molecule has 13 heavy (non-hydrogen) atoms. The highest BCUT2D eigenvalue weighted by Crippen LogP contribution is 2.44. The maximum Gasteiger partial charge on any atom is 0.205 e. The van der Waals surface area contributed by atoms with Crippen molar-refractivity contribution in [1.29, 1.82) is 0 Å². The van der Waals surface area contributed by atoms with E-state index >= 15 is 0 Å². The van der Waals surface area contributed by atoms with Crippen LogP contribution in [-0.2, 0) is 0 Å². The van der Waals surface area contributed by atoms with E-state index in [9.17, 15) is 0 Å². The van der Waals surface area contributed by atoms with Crippen molar-refractivity contribution < 1.29 is 0 Å². The molecule has 4 nitrogen and oxygen atoms in total. The van der Waals surface area contributed by atoms with Crippen LogP contribution < -0.4 is 10.6 Å². The zero-order valence-electron chi connectivity index (χ0n) is 7.31.